The van der Waals surface area contributed by atoms with E-state index in [1.807, 2.05) is 13.8 Å². The van der Waals surface area contributed by atoms with Crippen LogP contribution in [0.5, 0.6) is 0 Å². The molecule has 0 spiro atoms. The summed E-state index contributed by atoms with van der Waals surface area (Å²) in [5.41, 5.74) is 0.752. The number of carbonyl (C=O) groups is 1. The Morgan fingerprint density at radius 2 is 1.79 bits per heavy atom. The van der Waals surface area contributed by atoms with Crippen LogP contribution in [0.4, 0.5) is 4.39 Å². The van der Waals surface area contributed by atoms with Crippen molar-refractivity contribution >= 4 is 16.0 Å². The van der Waals surface area contributed by atoms with E-state index in [1.165, 1.54) is 46.8 Å². The quantitative estimate of drug-likeness (QED) is 0.713. The maximum absolute atomic E-state index is 13.2. The van der Waals surface area contributed by atoms with Gasteiger partial charge in [0.2, 0.25) is 10.0 Å². The molecule has 1 fully saturated rings. The number of benzene rings is 2. The maximum Gasteiger partial charge on any atom is 0.338 e. The van der Waals surface area contributed by atoms with E-state index in [4.69, 9.17) is 9.47 Å². The molecule has 0 N–H and O–H groups in total. The van der Waals surface area contributed by atoms with Gasteiger partial charge in [0.15, 0.2) is 0 Å². The number of carbonyl (C=O) groups excluding carboxylic acids is 1. The predicted molar refractivity (Wildman–Crippen MR) is 101 cm³/mol. The van der Waals surface area contributed by atoms with Crippen LogP contribution in [0.2, 0.25) is 0 Å². The maximum atomic E-state index is 13.2. The van der Waals surface area contributed by atoms with Gasteiger partial charge in [-0.3, -0.25) is 0 Å². The molecule has 8 heteroatoms. The van der Waals surface area contributed by atoms with Crippen LogP contribution >= 0.6 is 0 Å². The Hall–Kier alpha value is -2.29. The number of nitrogens with zero attached hydrogens (tertiary/aromatic N) is 1. The lowest BCUT2D eigenvalue weighted by Crippen LogP contribution is -2.48. The fourth-order valence-corrected chi connectivity index (χ4v) is 4.69. The summed E-state index contributed by atoms with van der Waals surface area (Å²) < 4.78 is 50.9. The molecule has 2 atom stereocenters. The van der Waals surface area contributed by atoms with Gasteiger partial charge >= 0.3 is 5.97 Å². The van der Waals surface area contributed by atoms with Crippen molar-refractivity contribution in [2.24, 2.45) is 0 Å². The van der Waals surface area contributed by atoms with E-state index in [-0.39, 0.29) is 42.4 Å². The minimum absolute atomic E-state index is 0.0692. The summed E-state index contributed by atoms with van der Waals surface area (Å²) in [6.45, 7) is 4.15. The second kappa shape index (κ2) is 8.38. The first kappa shape index (κ1) is 20.4. The number of esters is 1. The normalized spacial score (nSPS) is 20.7. The van der Waals surface area contributed by atoms with E-state index in [0.29, 0.717) is 5.56 Å². The van der Waals surface area contributed by atoms with Crippen LogP contribution in [-0.2, 0) is 26.1 Å². The van der Waals surface area contributed by atoms with Crippen molar-refractivity contribution in [3.05, 3.63) is 65.5 Å². The summed E-state index contributed by atoms with van der Waals surface area (Å²) in [7, 11) is -3.67. The first-order valence-electron chi connectivity index (χ1n) is 8.93. The Morgan fingerprint density at radius 1 is 1.14 bits per heavy atom. The van der Waals surface area contributed by atoms with E-state index in [1.54, 1.807) is 6.07 Å². The topological polar surface area (TPSA) is 72.9 Å². The summed E-state index contributed by atoms with van der Waals surface area (Å²) in [5, 5.41) is 0. The van der Waals surface area contributed by atoms with Gasteiger partial charge in [-0.2, -0.15) is 4.31 Å². The van der Waals surface area contributed by atoms with Gasteiger partial charge in [-0.05, 0) is 55.8 Å². The Kier molecular flexibility index (Phi) is 6.12. The van der Waals surface area contributed by atoms with Crippen LogP contribution in [0.15, 0.2) is 53.4 Å². The molecule has 1 saturated heterocycles. The van der Waals surface area contributed by atoms with Gasteiger partial charge in [-0.15, -0.1) is 0 Å². The fourth-order valence-electron chi connectivity index (χ4n) is 3.10. The van der Waals surface area contributed by atoms with Gasteiger partial charge in [0.05, 0.1) is 22.7 Å². The van der Waals surface area contributed by atoms with Gasteiger partial charge < -0.3 is 9.47 Å². The second-order valence-electron chi connectivity index (χ2n) is 6.81. The van der Waals surface area contributed by atoms with Crippen LogP contribution in [0.25, 0.3) is 0 Å². The summed E-state index contributed by atoms with van der Waals surface area (Å²) in [6.07, 6.45) is -0.369. The van der Waals surface area contributed by atoms with Gasteiger partial charge in [-0.1, -0.05) is 12.1 Å². The Balaban J connectivity index is 1.67. The Morgan fingerprint density at radius 3 is 2.39 bits per heavy atom. The lowest BCUT2D eigenvalue weighted by molar-refractivity contribution is -0.0440. The molecule has 28 heavy (non-hydrogen) atoms. The standard InChI is InChI=1S/C20H22FNO5S/c1-14-11-22(12-15(2)27-14)28(24,25)19-8-6-17(7-9-19)20(23)26-13-16-4-3-5-18(21)10-16/h3-10,14-15H,11-13H2,1-2H3. The zero-order valence-corrected chi connectivity index (χ0v) is 16.5. The highest BCUT2D eigenvalue weighted by atomic mass is 32.2. The molecule has 2 unspecified atom stereocenters. The lowest BCUT2D eigenvalue weighted by Gasteiger charge is -2.34. The van der Waals surface area contributed by atoms with Gasteiger partial charge in [0.1, 0.15) is 12.4 Å². The van der Waals surface area contributed by atoms with Gasteiger partial charge in [0.25, 0.3) is 0 Å². The average molecular weight is 407 g/mol. The van der Waals surface area contributed by atoms with Crippen LogP contribution in [-0.4, -0.2) is 44.0 Å². The smallest absolute Gasteiger partial charge is 0.338 e. The number of hydrogen-bond acceptors (Lipinski definition) is 5. The summed E-state index contributed by atoms with van der Waals surface area (Å²) in [4.78, 5) is 12.3. The average Bonchev–Trinajstić information content (AvgIpc) is 2.65. The molecule has 1 heterocycles. The summed E-state index contributed by atoms with van der Waals surface area (Å²) in [5.74, 6) is -1.02. The Labute approximate surface area is 163 Å². The van der Waals surface area contributed by atoms with Crippen LogP contribution in [0, 0.1) is 5.82 Å². The van der Waals surface area contributed by atoms with Crippen molar-refractivity contribution in [2.45, 2.75) is 37.6 Å². The minimum atomic E-state index is -3.67. The van der Waals surface area contributed by atoms with Crippen molar-refractivity contribution < 1.29 is 27.1 Å². The van der Waals surface area contributed by atoms with Crippen molar-refractivity contribution in [3.8, 4) is 0 Å². The molecule has 0 aliphatic carbocycles. The molecular formula is C20H22FNO5S. The van der Waals surface area contributed by atoms with E-state index >= 15 is 0 Å². The van der Waals surface area contributed by atoms with Crippen LogP contribution < -0.4 is 0 Å². The highest BCUT2D eigenvalue weighted by Gasteiger charge is 2.32. The monoisotopic (exact) mass is 407 g/mol. The molecule has 3 rings (SSSR count). The lowest BCUT2D eigenvalue weighted by atomic mass is 10.2. The Bertz CT molecular complexity index is 935. The third-order valence-corrected chi connectivity index (χ3v) is 6.22. The fraction of sp³-hybridized carbons (Fsp3) is 0.350. The van der Waals surface area contributed by atoms with Crippen LogP contribution in [0.3, 0.4) is 0 Å². The minimum Gasteiger partial charge on any atom is -0.457 e. The molecule has 150 valence electrons. The molecule has 0 saturated carbocycles. The van der Waals surface area contributed by atoms with Crippen molar-refractivity contribution in [1.29, 1.82) is 0 Å². The van der Waals surface area contributed by atoms with Crippen molar-refractivity contribution in [2.75, 3.05) is 13.1 Å². The van der Waals surface area contributed by atoms with E-state index in [2.05, 4.69) is 0 Å². The van der Waals surface area contributed by atoms with Gasteiger partial charge in [-0.25, -0.2) is 17.6 Å². The van der Waals surface area contributed by atoms with Gasteiger partial charge in [0, 0.05) is 13.1 Å². The number of morpholine rings is 1. The van der Waals surface area contributed by atoms with E-state index in [9.17, 15) is 17.6 Å². The predicted octanol–water partition coefficient (Wildman–Crippen LogP) is 2.98. The molecule has 0 radical (unpaired) electrons. The third-order valence-electron chi connectivity index (χ3n) is 4.37. The van der Waals surface area contributed by atoms with Crippen LogP contribution in [0.1, 0.15) is 29.8 Å². The number of rotatable bonds is 5. The number of hydrogen-bond donors (Lipinski definition) is 0. The highest BCUT2D eigenvalue weighted by Crippen LogP contribution is 2.21. The number of halogens is 1. The molecule has 0 aromatic heterocycles. The summed E-state index contributed by atoms with van der Waals surface area (Å²) in [6, 6.07) is 11.4. The summed E-state index contributed by atoms with van der Waals surface area (Å²) >= 11 is 0. The molecule has 1 aliphatic rings. The third kappa shape index (κ3) is 4.76. The van der Waals surface area contributed by atoms with E-state index in [0.717, 1.165) is 0 Å². The molecule has 2 aromatic rings. The second-order valence-corrected chi connectivity index (χ2v) is 8.75. The molecular weight excluding hydrogens is 385 g/mol. The van der Waals surface area contributed by atoms with Crippen molar-refractivity contribution in [1.82, 2.24) is 4.31 Å². The highest BCUT2D eigenvalue weighted by molar-refractivity contribution is 7.89. The van der Waals surface area contributed by atoms with Crippen molar-refractivity contribution in [3.63, 3.8) is 0 Å². The molecule has 2 aromatic carbocycles. The molecule has 1 aliphatic heterocycles. The SMILES string of the molecule is CC1CN(S(=O)(=O)c2ccc(C(=O)OCc3cccc(F)c3)cc2)CC(C)O1. The largest absolute Gasteiger partial charge is 0.457 e. The number of sulfonamides is 1. The van der Waals surface area contributed by atoms with E-state index < -0.39 is 21.8 Å². The first-order chi connectivity index (χ1) is 13.3. The molecule has 0 amide bonds. The zero-order chi connectivity index (χ0) is 20.3. The zero-order valence-electron chi connectivity index (χ0n) is 15.7. The first-order valence-corrected chi connectivity index (χ1v) is 10.4. The molecule has 6 nitrogen and oxygen atoms in total. The number of ether oxygens (including phenoxy) is 2. The molecule has 0 bridgehead atoms.